The van der Waals surface area contributed by atoms with Crippen LogP contribution in [-0.4, -0.2) is 53.3 Å². The molecule has 0 unspecified atom stereocenters. The molecule has 5 heterocycles. The van der Waals surface area contributed by atoms with E-state index in [1.165, 1.54) is 11.3 Å². The Morgan fingerprint density at radius 3 is 2.76 bits per heavy atom. The minimum Gasteiger partial charge on any atom is -0.463 e. The number of hydrogen-bond acceptors (Lipinski definition) is 9. The van der Waals surface area contributed by atoms with E-state index in [1.54, 1.807) is 35.6 Å². The molecule has 2 N–H and O–H groups in total. The van der Waals surface area contributed by atoms with E-state index in [4.69, 9.17) is 8.83 Å². The molecule has 0 aliphatic carbocycles. The number of ketones is 1. The summed E-state index contributed by atoms with van der Waals surface area (Å²) < 4.78 is 11.0. The monoisotopic (exact) mass is 411 g/mol. The van der Waals surface area contributed by atoms with Gasteiger partial charge in [-0.3, -0.25) is 9.59 Å². The molecule has 10 heteroatoms. The van der Waals surface area contributed by atoms with Gasteiger partial charge in [-0.25, -0.2) is 4.98 Å². The number of amides is 1. The Morgan fingerprint density at radius 2 is 2.03 bits per heavy atom. The van der Waals surface area contributed by atoms with E-state index in [-0.39, 0.29) is 18.2 Å². The van der Waals surface area contributed by atoms with E-state index in [2.05, 4.69) is 15.6 Å². The Bertz CT molecular complexity index is 1050. The maximum atomic E-state index is 12.6. The molecule has 0 radical (unpaired) electrons. The lowest BCUT2D eigenvalue weighted by atomic mass is 10.2. The largest absolute Gasteiger partial charge is 0.463 e. The molecule has 148 valence electrons. The van der Waals surface area contributed by atoms with Crippen molar-refractivity contribution < 1.29 is 18.4 Å². The normalized spacial score (nSPS) is 15.8. The average Bonchev–Trinajstić information content (AvgIpc) is 3.46. The Balaban J connectivity index is 1.36. The van der Waals surface area contributed by atoms with Crippen LogP contribution in [0.5, 0.6) is 0 Å². The lowest BCUT2D eigenvalue weighted by molar-refractivity contribution is -0.118. The second-order valence-electron chi connectivity index (χ2n) is 6.71. The highest BCUT2D eigenvalue weighted by molar-refractivity contribution is 7.19. The van der Waals surface area contributed by atoms with Crippen LogP contribution in [0.2, 0.25) is 0 Å². The average molecular weight is 411 g/mol. The third-order valence-electron chi connectivity index (χ3n) is 4.71. The molecule has 2 aliphatic heterocycles. The highest BCUT2D eigenvalue weighted by atomic mass is 32.1. The van der Waals surface area contributed by atoms with Gasteiger partial charge in [0, 0.05) is 7.05 Å². The van der Waals surface area contributed by atoms with Crippen molar-refractivity contribution in [2.45, 2.75) is 0 Å². The molecule has 9 nitrogen and oxygen atoms in total. The van der Waals surface area contributed by atoms with E-state index in [9.17, 15) is 9.59 Å². The van der Waals surface area contributed by atoms with Crippen LogP contribution in [0, 0.1) is 0 Å². The number of Topliss-reactive ketones (excluding diaryl/α,β-unsaturated/α-hetero) is 1. The number of hydrogen-bond donors (Lipinski definition) is 2. The molecule has 5 rings (SSSR count). The van der Waals surface area contributed by atoms with Gasteiger partial charge in [0.2, 0.25) is 11.7 Å². The van der Waals surface area contributed by atoms with Gasteiger partial charge in [-0.05, 0) is 24.3 Å². The third-order valence-corrected chi connectivity index (χ3v) is 5.70. The molecule has 0 atom stereocenters. The molecular weight excluding hydrogens is 394 g/mol. The Hall–Kier alpha value is -3.53. The summed E-state index contributed by atoms with van der Waals surface area (Å²) in [5.41, 5.74) is 1.17. The highest BCUT2D eigenvalue weighted by Crippen LogP contribution is 2.39. The van der Waals surface area contributed by atoms with Crippen molar-refractivity contribution in [1.82, 2.24) is 20.1 Å². The minimum absolute atomic E-state index is 0.00904. The van der Waals surface area contributed by atoms with Crippen molar-refractivity contribution in [2.75, 3.05) is 32.1 Å². The van der Waals surface area contributed by atoms with Crippen LogP contribution in [0.4, 0.5) is 5.13 Å². The Kier molecular flexibility index (Phi) is 4.13. The van der Waals surface area contributed by atoms with Crippen molar-refractivity contribution in [3.8, 4) is 22.1 Å². The fourth-order valence-electron chi connectivity index (χ4n) is 3.47. The second kappa shape index (κ2) is 6.82. The van der Waals surface area contributed by atoms with Crippen LogP contribution in [0.3, 0.4) is 0 Å². The zero-order chi connectivity index (χ0) is 20.0. The van der Waals surface area contributed by atoms with Gasteiger partial charge in [0.1, 0.15) is 27.8 Å². The van der Waals surface area contributed by atoms with E-state index in [0.717, 1.165) is 10.7 Å². The summed E-state index contributed by atoms with van der Waals surface area (Å²) in [6.45, 7) is 0.791. The number of nitrogens with zero attached hydrogens (tertiary/aromatic N) is 3. The zero-order valence-electron chi connectivity index (χ0n) is 15.5. The minimum atomic E-state index is -0.256. The maximum Gasteiger partial charge on any atom is 0.245 e. The molecule has 0 spiro atoms. The molecular formula is C19H17N5O4S. The maximum absolute atomic E-state index is 12.6. The summed E-state index contributed by atoms with van der Waals surface area (Å²) >= 11 is 1.30. The van der Waals surface area contributed by atoms with Crippen LogP contribution in [0.25, 0.3) is 22.1 Å². The first-order valence-corrected chi connectivity index (χ1v) is 9.77. The first kappa shape index (κ1) is 17.6. The molecule has 0 aromatic carbocycles. The van der Waals surface area contributed by atoms with Gasteiger partial charge < -0.3 is 29.3 Å². The number of likely N-dealkylation sites (N-methyl/N-ethyl adjacent to an activating group) is 1. The Morgan fingerprint density at radius 1 is 1.28 bits per heavy atom. The standard InChI is InChI=1S/C19H17N5O4S/c1-23-8-11(25)16-18(23)20-10-24(16)9-14(26)21-19-22-15(12-4-2-6-27-12)17(29-19)13-5-3-7-28-13/h2-7,20H,8-10H2,1H3,(H,21,22,26). The number of carbonyl (C=O) groups is 2. The molecule has 1 amide bonds. The van der Waals surface area contributed by atoms with Gasteiger partial charge >= 0.3 is 0 Å². The summed E-state index contributed by atoms with van der Waals surface area (Å²) in [4.78, 5) is 33.7. The molecule has 3 aromatic heterocycles. The van der Waals surface area contributed by atoms with E-state index in [1.807, 2.05) is 18.0 Å². The van der Waals surface area contributed by atoms with E-state index < -0.39 is 0 Å². The van der Waals surface area contributed by atoms with Gasteiger partial charge in [-0.2, -0.15) is 0 Å². The van der Waals surface area contributed by atoms with E-state index >= 15 is 0 Å². The van der Waals surface area contributed by atoms with Crippen LogP contribution >= 0.6 is 11.3 Å². The summed E-state index contributed by atoms with van der Waals surface area (Å²) in [6.07, 6.45) is 3.15. The van der Waals surface area contributed by atoms with Gasteiger partial charge in [0.05, 0.1) is 32.3 Å². The van der Waals surface area contributed by atoms with Crippen molar-refractivity contribution in [2.24, 2.45) is 0 Å². The van der Waals surface area contributed by atoms with E-state index in [0.29, 0.717) is 41.3 Å². The number of anilines is 1. The van der Waals surface area contributed by atoms with Gasteiger partial charge in [-0.1, -0.05) is 11.3 Å². The van der Waals surface area contributed by atoms with Gasteiger partial charge in [0.25, 0.3) is 0 Å². The van der Waals surface area contributed by atoms with Crippen molar-refractivity contribution in [1.29, 1.82) is 0 Å². The van der Waals surface area contributed by atoms with Crippen molar-refractivity contribution >= 4 is 28.2 Å². The first-order valence-electron chi connectivity index (χ1n) is 8.96. The lowest BCUT2D eigenvalue weighted by Gasteiger charge is -2.19. The van der Waals surface area contributed by atoms with Gasteiger partial charge in [0.15, 0.2) is 10.9 Å². The number of aromatic nitrogens is 1. The predicted molar refractivity (Wildman–Crippen MR) is 106 cm³/mol. The van der Waals surface area contributed by atoms with Crippen LogP contribution < -0.4 is 10.6 Å². The molecule has 29 heavy (non-hydrogen) atoms. The van der Waals surface area contributed by atoms with Crippen LogP contribution in [-0.2, 0) is 9.59 Å². The van der Waals surface area contributed by atoms with Crippen LogP contribution in [0.1, 0.15) is 0 Å². The topological polar surface area (TPSA) is 104 Å². The van der Waals surface area contributed by atoms with Crippen LogP contribution in [0.15, 0.2) is 57.1 Å². The smallest absolute Gasteiger partial charge is 0.245 e. The fourth-order valence-corrected chi connectivity index (χ4v) is 4.43. The van der Waals surface area contributed by atoms with Crippen molar-refractivity contribution in [3.63, 3.8) is 0 Å². The second-order valence-corrected chi connectivity index (χ2v) is 7.71. The molecule has 0 bridgehead atoms. The predicted octanol–water partition coefficient (Wildman–Crippen LogP) is 2.15. The number of thiazole rings is 1. The van der Waals surface area contributed by atoms with Gasteiger partial charge in [-0.15, -0.1) is 0 Å². The molecule has 2 aliphatic rings. The SMILES string of the molecule is CN1CC(=O)C2=C1NCN2CC(=O)Nc1nc(-c2ccco2)c(-c2ccco2)s1. The molecule has 3 aromatic rings. The first-order chi connectivity index (χ1) is 14.1. The fraction of sp³-hybridized carbons (Fsp3) is 0.211. The highest BCUT2D eigenvalue weighted by Gasteiger charge is 2.36. The zero-order valence-corrected chi connectivity index (χ0v) is 16.3. The summed E-state index contributed by atoms with van der Waals surface area (Å²) in [6, 6.07) is 7.21. The number of nitrogens with one attached hydrogen (secondary N) is 2. The molecule has 0 saturated carbocycles. The molecule has 0 saturated heterocycles. The lowest BCUT2D eigenvalue weighted by Crippen LogP contribution is -2.37. The summed E-state index contributed by atoms with van der Waals surface area (Å²) in [5.74, 6) is 1.76. The number of rotatable bonds is 5. The number of carbonyl (C=O) groups excluding carboxylic acids is 2. The molecule has 0 fully saturated rings. The summed E-state index contributed by atoms with van der Waals surface area (Å²) in [7, 11) is 1.85. The van der Waals surface area contributed by atoms with Crippen molar-refractivity contribution in [3.05, 3.63) is 48.3 Å². The Labute approximate surface area is 169 Å². The number of furan rings is 2. The summed E-state index contributed by atoms with van der Waals surface area (Å²) in [5, 5.41) is 6.42. The third kappa shape index (κ3) is 3.07. The quantitative estimate of drug-likeness (QED) is 0.658.